The molecule has 1 aliphatic carbocycles. The van der Waals surface area contributed by atoms with Gasteiger partial charge in [-0.15, -0.1) is 11.3 Å². The molecule has 0 N–H and O–H groups in total. The molecule has 1 heterocycles. The van der Waals surface area contributed by atoms with E-state index in [0.29, 0.717) is 0 Å². The maximum atomic E-state index is 10.6. The van der Waals surface area contributed by atoms with Crippen molar-refractivity contribution in [2.75, 3.05) is 0 Å². The number of benzene rings is 2. The van der Waals surface area contributed by atoms with Gasteiger partial charge in [0, 0.05) is 23.1 Å². The summed E-state index contributed by atoms with van der Waals surface area (Å²) in [5, 5.41) is 13.7. The number of non-ortho nitro benzene ring substituents is 1. The molecule has 0 bridgehead atoms. The number of nitrogens with zero attached hydrogens (tertiary/aromatic N) is 2. The summed E-state index contributed by atoms with van der Waals surface area (Å²) in [5.74, 6) is 0. The Bertz CT molecular complexity index is 808. The summed E-state index contributed by atoms with van der Waals surface area (Å²) >= 11 is 1.64. The van der Waals surface area contributed by atoms with Gasteiger partial charge in [-0.1, -0.05) is 61.7 Å². The highest BCUT2D eigenvalue weighted by Gasteiger charge is 2.06. The average Bonchev–Trinajstić information content (AvgIpc) is 3.46. The average molecular weight is 352 g/mol. The first-order valence-electron chi connectivity index (χ1n) is 8.45. The van der Waals surface area contributed by atoms with Gasteiger partial charge in [0.25, 0.3) is 5.69 Å². The maximum absolute atomic E-state index is 10.6. The number of nitro groups is 1. The van der Waals surface area contributed by atoms with Crippen LogP contribution in [0.2, 0.25) is 0 Å². The Morgan fingerprint density at radius 1 is 0.960 bits per heavy atom. The van der Waals surface area contributed by atoms with Crippen LogP contribution in [0.15, 0.2) is 60.0 Å². The van der Waals surface area contributed by atoms with Gasteiger partial charge in [-0.3, -0.25) is 10.1 Å². The second-order valence-electron chi connectivity index (χ2n) is 5.99. The number of hydrogen-bond acceptors (Lipinski definition) is 4. The molecule has 5 heteroatoms. The van der Waals surface area contributed by atoms with Gasteiger partial charge in [0.1, 0.15) is 5.01 Å². The van der Waals surface area contributed by atoms with Gasteiger partial charge < -0.3 is 0 Å². The van der Waals surface area contributed by atoms with Crippen molar-refractivity contribution in [2.24, 2.45) is 0 Å². The van der Waals surface area contributed by atoms with Crippen LogP contribution in [0.4, 0.5) is 5.69 Å². The van der Waals surface area contributed by atoms with Gasteiger partial charge >= 0.3 is 0 Å². The number of aryl methyl sites for hydroxylation is 2. The Balaban J connectivity index is 0.000000549. The van der Waals surface area contributed by atoms with Crippen molar-refractivity contribution in [1.29, 1.82) is 0 Å². The second kappa shape index (κ2) is 8.53. The van der Waals surface area contributed by atoms with Gasteiger partial charge in [-0.05, 0) is 18.4 Å². The molecule has 0 spiro atoms. The van der Waals surface area contributed by atoms with Gasteiger partial charge in [0.2, 0.25) is 0 Å². The van der Waals surface area contributed by atoms with Crippen LogP contribution in [0.1, 0.15) is 30.5 Å². The molecule has 1 aromatic heterocycles. The standard InChI is InChI=1S/C17H14N2O2S.C3H6/c20-19(21)16-10-7-13(8-11-16)6-9-15-12-22-17(18-15)14-4-2-1-3-5-14;1-2-3-1/h1-5,7-8,10-12H,6,9H2;1-3H2. The number of hydrogen-bond donors (Lipinski definition) is 0. The molecule has 4 nitrogen and oxygen atoms in total. The lowest BCUT2D eigenvalue weighted by atomic mass is 10.1. The topological polar surface area (TPSA) is 56.0 Å². The van der Waals surface area contributed by atoms with Crippen LogP contribution in [-0.4, -0.2) is 9.91 Å². The molecular weight excluding hydrogens is 332 g/mol. The van der Waals surface area contributed by atoms with Crippen LogP contribution >= 0.6 is 11.3 Å². The number of rotatable bonds is 5. The molecule has 0 atom stereocenters. The first kappa shape index (κ1) is 17.3. The molecule has 0 saturated heterocycles. The third-order valence-corrected chi connectivity index (χ3v) is 4.68. The summed E-state index contributed by atoms with van der Waals surface area (Å²) in [6.07, 6.45) is 6.16. The fraction of sp³-hybridized carbons (Fsp3) is 0.250. The normalized spacial score (nSPS) is 12.2. The van der Waals surface area contributed by atoms with Crippen molar-refractivity contribution < 1.29 is 4.92 Å². The van der Waals surface area contributed by atoms with Gasteiger partial charge in [-0.2, -0.15) is 0 Å². The van der Waals surface area contributed by atoms with Gasteiger partial charge in [-0.25, -0.2) is 4.98 Å². The van der Waals surface area contributed by atoms with E-state index < -0.39 is 0 Å². The predicted molar refractivity (Wildman–Crippen MR) is 102 cm³/mol. The van der Waals surface area contributed by atoms with Gasteiger partial charge in [0.15, 0.2) is 0 Å². The Kier molecular flexibility index (Phi) is 5.90. The summed E-state index contributed by atoms with van der Waals surface area (Å²) in [5.41, 5.74) is 3.40. The molecule has 0 aliphatic heterocycles. The van der Waals surface area contributed by atoms with E-state index in [1.54, 1.807) is 23.5 Å². The van der Waals surface area contributed by atoms with Crippen LogP contribution in [0.25, 0.3) is 10.6 Å². The summed E-state index contributed by atoms with van der Waals surface area (Å²) in [6, 6.07) is 16.8. The lowest BCUT2D eigenvalue weighted by Gasteiger charge is -1.99. The molecule has 0 amide bonds. The molecule has 2 aromatic carbocycles. The van der Waals surface area contributed by atoms with E-state index in [1.165, 1.54) is 19.3 Å². The first-order chi connectivity index (χ1) is 12.2. The highest BCUT2D eigenvalue weighted by atomic mass is 32.1. The highest BCUT2D eigenvalue weighted by Crippen LogP contribution is 2.24. The molecule has 128 valence electrons. The van der Waals surface area contributed by atoms with Crippen molar-refractivity contribution in [3.05, 3.63) is 81.3 Å². The Hall–Kier alpha value is -2.53. The zero-order valence-electron chi connectivity index (χ0n) is 13.9. The summed E-state index contributed by atoms with van der Waals surface area (Å²) in [7, 11) is 0. The van der Waals surface area contributed by atoms with Crippen molar-refractivity contribution in [1.82, 2.24) is 4.98 Å². The third kappa shape index (κ3) is 5.50. The number of aromatic nitrogens is 1. The Labute approximate surface area is 151 Å². The Morgan fingerprint density at radius 3 is 2.24 bits per heavy atom. The van der Waals surface area contributed by atoms with E-state index >= 15 is 0 Å². The number of thiazole rings is 1. The van der Waals surface area contributed by atoms with Crippen molar-refractivity contribution in [3.63, 3.8) is 0 Å². The minimum absolute atomic E-state index is 0.128. The van der Waals surface area contributed by atoms with Crippen LogP contribution in [0.5, 0.6) is 0 Å². The minimum atomic E-state index is -0.379. The zero-order valence-corrected chi connectivity index (χ0v) is 14.7. The molecule has 1 aliphatic rings. The fourth-order valence-corrected chi connectivity index (χ4v) is 3.05. The summed E-state index contributed by atoms with van der Waals surface area (Å²) in [6.45, 7) is 0. The molecule has 0 unspecified atom stereocenters. The largest absolute Gasteiger partial charge is 0.269 e. The quantitative estimate of drug-likeness (QED) is 0.439. The fourth-order valence-electron chi connectivity index (χ4n) is 2.19. The Morgan fingerprint density at radius 2 is 1.64 bits per heavy atom. The zero-order chi connectivity index (χ0) is 17.5. The smallest absolute Gasteiger partial charge is 0.258 e. The van der Waals surface area contributed by atoms with Crippen LogP contribution in [0.3, 0.4) is 0 Å². The SMILES string of the molecule is C1CC1.O=[N+]([O-])c1ccc(CCc2csc(-c3ccccc3)n2)cc1. The van der Waals surface area contributed by atoms with Crippen molar-refractivity contribution in [2.45, 2.75) is 32.1 Å². The summed E-state index contributed by atoms with van der Waals surface area (Å²) < 4.78 is 0. The molecule has 1 fully saturated rings. The van der Waals surface area contributed by atoms with E-state index in [9.17, 15) is 10.1 Å². The second-order valence-corrected chi connectivity index (χ2v) is 6.85. The van der Waals surface area contributed by atoms with E-state index in [2.05, 4.69) is 22.5 Å². The lowest BCUT2D eigenvalue weighted by molar-refractivity contribution is -0.384. The third-order valence-electron chi connectivity index (χ3n) is 3.74. The molecular formula is C20H20N2O2S. The summed E-state index contributed by atoms with van der Waals surface area (Å²) in [4.78, 5) is 14.9. The van der Waals surface area contributed by atoms with Gasteiger partial charge in [0.05, 0.1) is 10.6 Å². The van der Waals surface area contributed by atoms with E-state index in [0.717, 1.165) is 34.7 Å². The van der Waals surface area contributed by atoms with Crippen molar-refractivity contribution in [3.8, 4) is 10.6 Å². The molecule has 1 saturated carbocycles. The molecule has 3 aromatic rings. The lowest BCUT2D eigenvalue weighted by Crippen LogP contribution is -1.93. The van der Waals surface area contributed by atoms with E-state index in [-0.39, 0.29) is 10.6 Å². The van der Waals surface area contributed by atoms with Crippen LogP contribution in [0, 0.1) is 10.1 Å². The molecule has 0 radical (unpaired) electrons. The van der Waals surface area contributed by atoms with E-state index in [1.807, 2.05) is 30.3 Å². The molecule has 25 heavy (non-hydrogen) atoms. The maximum Gasteiger partial charge on any atom is 0.269 e. The van der Waals surface area contributed by atoms with Crippen molar-refractivity contribution >= 4 is 17.0 Å². The first-order valence-corrected chi connectivity index (χ1v) is 9.33. The monoisotopic (exact) mass is 352 g/mol. The number of nitro benzene ring substituents is 1. The van der Waals surface area contributed by atoms with Crippen LogP contribution in [-0.2, 0) is 12.8 Å². The highest BCUT2D eigenvalue weighted by molar-refractivity contribution is 7.13. The predicted octanol–water partition coefficient (Wildman–Crippen LogP) is 5.67. The van der Waals surface area contributed by atoms with E-state index in [4.69, 9.17) is 0 Å². The minimum Gasteiger partial charge on any atom is -0.258 e. The van der Waals surface area contributed by atoms with Crippen LogP contribution < -0.4 is 0 Å². The molecule has 4 rings (SSSR count).